The fourth-order valence-corrected chi connectivity index (χ4v) is 5.20. The molecule has 4 rings (SSSR count). The molecule has 32 heavy (non-hydrogen) atoms. The lowest BCUT2D eigenvalue weighted by atomic mass is 9.79. The Morgan fingerprint density at radius 1 is 1.31 bits per heavy atom. The molecular weight excluding hydrogens is 431 g/mol. The average Bonchev–Trinajstić information content (AvgIpc) is 3.05. The van der Waals surface area contributed by atoms with E-state index in [-0.39, 0.29) is 11.4 Å². The SMILES string of the molecule is C=C(F)/C=[N+](C)\C(=C/CC)N1CCC2(CN(C(=O)N3CCOCc4cc(Cl)ccc43)C2)C1. The molecule has 172 valence electrons. The van der Waals surface area contributed by atoms with Crippen molar-refractivity contribution in [2.24, 2.45) is 5.41 Å². The number of benzene rings is 1. The van der Waals surface area contributed by atoms with Crippen LogP contribution in [0.3, 0.4) is 0 Å². The van der Waals surface area contributed by atoms with Gasteiger partial charge < -0.3 is 9.64 Å². The van der Waals surface area contributed by atoms with Gasteiger partial charge in [-0.3, -0.25) is 9.80 Å². The van der Waals surface area contributed by atoms with E-state index >= 15 is 0 Å². The van der Waals surface area contributed by atoms with Crippen molar-refractivity contribution >= 4 is 29.5 Å². The molecule has 2 amide bonds. The number of urea groups is 1. The molecule has 3 heterocycles. The third-order valence-electron chi connectivity index (χ3n) is 6.45. The Bertz CT molecular complexity index is 971. The van der Waals surface area contributed by atoms with Crippen LogP contribution in [0.4, 0.5) is 14.9 Å². The van der Waals surface area contributed by atoms with Crippen molar-refractivity contribution in [3.05, 3.63) is 53.1 Å². The van der Waals surface area contributed by atoms with Gasteiger partial charge in [-0.15, -0.1) is 0 Å². The van der Waals surface area contributed by atoms with Crippen molar-refractivity contribution in [3.63, 3.8) is 0 Å². The summed E-state index contributed by atoms with van der Waals surface area (Å²) >= 11 is 6.14. The largest absolute Gasteiger partial charge is 0.375 e. The minimum absolute atomic E-state index is 0.0200. The first-order valence-corrected chi connectivity index (χ1v) is 11.5. The maximum Gasteiger partial charge on any atom is 0.324 e. The summed E-state index contributed by atoms with van der Waals surface area (Å²) < 4.78 is 20.8. The maximum atomic E-state index is 13.3. The van der Waals surface area contributed by atoms with Crippen LogP contribution in [0.1, 0.15) is 25.3 Å². The number of ether oxygens (including phenoxy) is 1. The summed E-state index contributed by atoms with van der Waals surface area (Å²) in [6, 6.07) is 5.62. The number of fused-ring (bicyclic) bond motifs is 1. The zero-order valence-electron chi connectivity index (χ0n) is 18.8. The van der Waals surface area contributed by atoms with Crippen LogP contribution >= 0.6 is 11.6 Å². The van der Waals surface area contributed by atoms with Crippen molar-refractivity contribution in [2.45, 2.75) is 26.4 Å². The molecule has 0 unspecified atom stereocenters. The van der Waals surface area contributed by atoms with Gasteiger partial charge in [-0.25, -0.2) is 13.8 Å². The van der Waals surface area contributed by atoms with Crippen molar-refractivity contribution < 1.29 is 18.5 Å². The molecule has 0 N–H and O–H groups in total. The van der Waals surface area contributed by atoms with Crippen LogP contribution in [0.2, 0.25) is 5.02 Å². The summed E-state index contributed by atoms with van der Waals surface area (Å²) in [5.74, 6) is 0.523. The zero-order valence-corrected chi connectivity index (χ0v) is 19.6. The smallest absolute Gasteiger partial charge is 0.324 e. The lowest BCUT2D eigenvalue weighted by Crippen LogP contribution is -2.62. The molecular formula is C24H31ClFN4O2+. The summed E-state index contributed by atoms with van der Waals surface area (Å²) in [6.45, 7) is 10.1. The van der Waals surface area contributed by atoms with Gasteiger partial charge in [0.15, 0.2) is 5.83 Å². The Labute approximate surface area is 194 Å². The Kier molecular flexibility index (Phi) is 6.58. The molecule has 6 nitrogen and oxygen atoms in total. The first-order chi connectivity index (χ1) is 15.3. The summed E-state index contributed by atoms with van der Waals surface area (Å²) in [5.41, 5.74) is 1.90. The second-order valence-corrected chi connectivity index (χ2v) is 9.38. The molecule has 3 aliphatic rings. The van der Waals surface area contributed by atoms with E-state index in [2.05, 4.69) is 24.5 Å². The highest BCUT2D eigenvalue weighted by atomic mass is 35.5. The standard InChI is InChI=1S/C24H31ClFN4O2/c1-4-5-22(27(3)13-18(2)26)28-9-8-24(15-28)16-29(17-24)23(31)30-10-11-32-14-19-12-20(25)6-7-21(19)30/h5-7,12-13H,2,4,8-11,14-17H2,1,3H3/q+1/b22-5+,27-13-. The molecule has 0 saturated carbocycles. The van der Waals surface area contributed by atoms with Gasteiger partial charge in [-0.1, -0.05) is 25.1 Å². The molecule has 2 fully saturated rings. The Hall–Kier alpha value is -2.38. The van der Waals surface area contributed by atoms with E-state index in [1.807, 2.05) is 35.0 Å². The monoisotopic (exact) mass is 461 g/mol. The zero-order chi connectivity index (χ0) is 22.9. The summed E-state index contributed by atoms with van der Waals surface area (Å²) in [4.78, 5) is 19.4. The van der Waals surface area contributed by atoms with Gasteiger partial charge in [0.2, 0.25) is 0 Å². The molecule has 1 aromatic carbocycles. The predicted molar refractivity (Wildman–Crippen MR) is 125 cm³/mol. The molecule has 0 radical (unpaired) electrons. The van der Waals surface area contributed by atoms with Crippen molar-refractivity contribution in [1.82, 2.24) is 9.80 Å². The number of rotatable bonds is 4. The molecule has 0 atom stereocenters. The summed E-state index contributed by atoms with van der Waals surface area (Å²) in [7, 11) is 1.85. The Morgan fingerprint density at radius 3 is 2.78 bits per heavy atom. The van der Waals surface area contributed by atoms with Crippen LogP contribution in [0.5, 0.6) is 0 Å². The number of anilines is 1. The molecule has 1 aromatic rings. The molecule has 0 aliphatic carbocycles. The first-order valence-electron chi connectivity index (χ1n) is 11.1. The van der Waals surface area contributed by atoms with E-state index in [1.165, 1.54) is 6.21 Å². The Morgan fingerprint density at radius 2 is 2.06 bits per heavy atom. The van der Waals surface area contributed by atoms with E-state index in [9.17, 15) is 9.18 Å². The molecule has 8 heteroatoms. The molecule has 3 aliphatic heterocycles. The second-order valence-electron chi connectivity index (χ2n) is 8.94. The number of hydrogen-bond acceptors (Lipinski definition) is 3. The van der Waals surface area contributed by atoms with Crippen LogP contribution in [0.25, 0.3) is 0 Å². The summed E-state index contributed by atoms with van der Waals surface area (Å²) in [5, 5.41) is 0.644. The van der Waals surface area contributed by atoms with Crippen LogP contribution in [-0.2, 0) is 11.3 Å². The van der Waals surface area contributed by atoms with Gasteiger partial charge in [0.05, 0.1) is 45.6 Å². The van der Waals surface area contributed by atoms with Crippen LogP contribution in [-0.4, -0.2) is 73.0 Å². The molecule has 2 saturated heterocycles. The van der Waals surface area contributed by atoms with E-state index in [0.717, 1.165) is 56.1 Å². The number of carbonyl (C=O) groups is 1. The van der Waals surface area contributed by atoms with Crippen LogP contribution < -0.4 is 4.90 Å². The highest BCUT2D eigenvalue weighted by Crippen LogP contribution is 2.42. The fraction of sp³-hybridized carbons (Fsp3) is 0.500. The lowest BCUT2D eigenvalue weighted by molar-refractivity contribution is -0.459. The third-order valence-corrected chi connectivity index (χ3v) is 6.68. The van der Waals surface area contributed by atoms with E-state index in [1.54, 1.807) is 4.58 Å². The van der Waals surface area contributed by atoms with E-state index in [4.69, 9.17) is 16.3 Å². The number of allylic oxidation sites excluding steroid dienone is 2. The van der Waals surface area contributed by atoms with Gasteiger partial charge in [-0.05, 0) is 31.0 Å². The average molecular weight is 462 g/mol. The topological polar surface area (TPSA) is 39.0 Å². The van der Waals surface area contributed by atoms with Gasteiger partial charge in [0, 0.05) is 35.2 Å². The van der Waals surface area contributed by atoms with Crippen molar-refractivity contribution in [2.75, 3.05) is 51.3 Å². The van der Waals surface area contributed by atoms with Gasteiger partial charge in [-0.2, -0.15) is 0 Å². The normalized spacial score (nSPS) is 20.8. The number of halogens is 2. The van der Waals surface area contributed by atoms with Crippen molar-refractivity contribution in [1.29, 1.82) is 0 Å². The van der Waals surface area contributed by atoms with E-state index in [0.29, 0.717) is 24.8 Å². The number of hydrogen-bond donors (Lipinski definition) is 0. The number of nitrogens with zero attached hydrogens (tertiary/aromatic N) is 4. The highest BCUT2D eigenvalue weighted by molar-refractivity contribution is 6.30. The molecule has 0 aromatic heterocycles. The van der Waals surface area contributed by atoms with Crippen LogP contribution in [0, 0.1) is 5.41 Å². The third kappa shape index (κ3) is 4.55. The number of carbonyl (C=O) groups excluding carboxylic acids is 1. The second kappa shape index (κ2) is 9.24. The number of likely N-dealkylation sites (tertiary alicyclic amines) is 2. The first kappa shape index (κ1) is 22.8. The molecule has 0 bridgehead atoms. The fourth-order valence-electron chi connectivity index (χ4n) is 5.00. The Balaban J connectivity index is 1.44. The number of amides is 2. The van der Waals surface area contributed by atoms with Crippen molar-refractivity contribution in [3.8, 4) is 0 Å². The highest BCUT2D eigenvalue weighted by Gasteiger charge is 2.53. The van der Waals surface area contributed by atoms with Gasteiger partial charge in [0.1, 0.15) is 6.21 Å². The molecule has 1 spiro atoms. The van der Waals surface area contributed by atoms with Gasteiger partial charge >= 0.3 is 6.03 Å². The summed E-state index contributed by atoms with van der Waals surface area (Å²) in [6.07, 6.45) is 5.39. The lowest BCUT2D eigenvalue weighted by Gasteiger charge is -2.48. The van der Waals surface area contributed by atoms with Crippen LogP contribution in [0.15, 0.2) is 42.5 Å². The minimum Gasteiger partial charge on any atom is -0.375 e. The van der Waals surface area contributed by atoms with E-state index < -0.39 is 5.83 Å². The maximum absolute atomic E-state index is 13.3. The quantitative estimate of drug-likeness (QED) is 0.497. The minimum atomic E-state index is -0.466. The van der Waals surface area contributed by atoms with Gasteiger partial charge in [0.25, 0.3) is 5.82 Å². The predicted octanol–water partition coefficient (Wildman–Crippen LogP) is 4.25.